The number of methoxy groups -OCH3 is 2. The Morgan fingerprint density at radius 2 is 1.41 bits per heavy atom. The summed E-state index contributed by atoms with van der Waals surface area (Å²) < 4.78 is 54.8. The van der Waals surface area contributed by atoms with Gasteiger partial charge in [-0.2, -0.15) is 8.42 Å². The minimum Gasteiger partial charge on any atom is -0.504 e. The zero-order chi connectivity index (χ0) is 21.1. The zero-order valence-corrected chi connectivity index (χ0v) is 15.4. The standard InChI is InChI=1S/C16H10O12S/c1-23-11-7(17)3-5-9-10-6(16(19)25-13(9)11)4-8(27-28-29(20,21)22)12(24-2)14(10)26-15(5)18/h3-4,17H,1-2H3,(H,20,21,22). The molecular formula is C16H10O12S. The van der Waals surface area contributed by atoms with E-state index >= 15 is 0 Å². The summed E-state index contributed by atoms with van der Waals surface area (Å²) in [7, 11) is -2.63. The lowest BCUT2D eigenvalue weighted by Gasteiger charge is -2.14. The van der Waals surface area contributed by atoms with E-state index in [0.29, 0.717) is 0 Å². The summed E-state index contributed by atoms with van der Waals surface area (Å²) >= 11 is 0. The average Bonchev–Trinajstić information content (AvgIpc) is 2.64. The maximum absolute atomic E-state index is 12.5. The Kier molecular flexibility index (Phi) is 4.04. The summed E-state index contributed by atoms with van der Waals surface area (Å²) in [5.74, 6) is -1.44. The van der Waals surface area contributed by atoms with E-state index in [9.17, 15) is 23.1 Å². The monoisotopic (exact) mass is 426 g/mol. The van der Waals surface area contributed by atoms with E-state index in [4.69, 9.17) is 22.9 Å². The van der Waals surface area contributed by atoms with Crippen LogP contribution in [-0.4, -0.2) is 32.3 Å². The van der Waals surface area contributed by atoms with Crippen molar-refractivity contribution in [2.75, 3.05) is 14.2 Å². The minimum atomic E-state index is -5.01. The number of phenols is 1. The van der Waals surface area contributed by atoms with Gasteiger partial charge in [-0.05, 0) is 10.4 Å². The van der Waals surface area contributed by atoms with Gasteiger partial charge < -0.3 is 28.3 Å². The van der Waals surface area contributed by atoms with Crippen LogP contribution in [0.25, 0.3) is 32.7 Å². The van der Waals surface area contributed by atoms with Crippen molar-refractivity contribution in [3.8, 4) is 23.0 Å². The molecule has 2 heterocycles. The van der Waals surface area contributed by atoms with Gasteiger partial charge in [-0.15, -0.1) is 0 Å². The highest BCUT2D eigenvalue weighted by atomic mass is 32.3. The Morgan fingerprint density at radius 3 is 1.93 bits per heavy atom. The van der Waals surface area contributed by atoms with Gasteiger partial charge in [-0.3, -0.25) is 4.55 Å². The van der Waals surface area contributed by atoms with Gasteiger partial charge in [0.15, 0.2) is 16.9 Å². The molecule has 13 heteroatoms. The fourth-order valence-corrected chi connectivity index (χ4v) is 3.24. The predicted molar refractivity (Wildman–Crippen MR) is 95.2 cm³/mol. The highest BCUT2D eigenvalue weighted by Gasteiger charge is 2.27. The molecule has 0 fully saturated rings. The Bertz CT molecular complexity index is 1490. The van der Waals surface area contributed by atoms with Crippen molar-refractivity contribution in [1.29, 1.82) is 0 Å². The van der Waals surface area contributed by atoms with Gasteiger partial charge in [0.05, 0.1) is 25.0 Å². The van der Waals surface area contributed by atoms with Crippen LogP contribution in [0.4, 0.5) is 0 Å². The van der Waals surface area contributed by atoms with Crippen LogP contribution in [0.2, 0.25) is 0 Å². The fraction of sp³-hybridized carbons (Fsp3) is 0.125. The minimum absolute atomic E-state index is 0.0696. The quantitative estimate of drug-likeness (QED) is 0.154. The van der Waals surface area contributed by atoms with Crippen molar-refractivity contribution in [3.63, 3.8) is 0 Å². The van der Waals surface area contributed by atoms with Gasteiger partial charge in [-0.1, -0.05) is 0 Å². The summed E-state index contributed by atoms with van der Waals surface area (Å²) in [6.45, 7) is 0. The van der Waals surface area contributed by atoms with Gasteiger partial charge >= 0.3 is 21.7 Å². The first-order valence-electron chi connectivity index (χ1n) is 7.63. The number of aromatic hydroxyl groups is 1. The molecule has 0 atom stereocenters. The SMILES string of the molecule is COc1c(O)cc2c(=O)oc3c(OC)c(OOS(=O)(=O)O)cc4c(=O)oc1c2c34. The van der Waals surface area contributed by atoms with Gasteiger partial charge in [-0.25, -0.2) is 9.59 Å². The van der Waals surface area contributed by atoms with E-state index < -0.39 is 33.1 Å². The maximum Gasteiger partial charge on any atom is 0.432 e. The molecule has 0 saturated heterocycles. The van der Waals surface area contributed by atoms with Crippen LogP contribution in [0, 0.1) is 0 Å². The predicted octanol–water partition coefficient (Wildman–Crippen LogP) is 1.33. The van der Waals surface area contributed by atoms with E-state index in [1.807, 2.05) is 0 Å². The summed E-state index contributed by atoms with van der Waals surface area (Å²) in [4.78, 5) is 29.6. The third-order valence-corrected chi connectivity index (χ3v) is 4.36. The Hall–Kier alpha value is -3.55. The van der Waals surface area contributed by atoms with Crippen molar-refractivity contribution in [3.05, 3.63) is 33.0 Å². The van der Waals surface area contributed by atoms with E-state index in [0.717, 1.165) is 19.2 Å². The third kappa shape index (κ3) is 2.79. The molecule has 2 aromatic heterocycles. The molecule has 0 aliphatic heterocycles. The number of rotatable bonds is 5. The Balaban J connectivity index is 2.23. The van der Waals surface area contributed by atoms with E-state index in [2.05, 4.69) is 9.22 Å². The van der Waals surface area contributed by atoms with E-state index in [1.165, 1.54) is 7.11 Å². The lowest BCUT2D eigenvalue weighted by atomic mass is 10.0. The van der Waals surface area contributed by atoms with Gasteiger partial charge in [0.1, 0.15) is 0 Å². The molecule has 0 saturated carbocycles. The second-order valence-electron chi connectivity index (χ2n) is 5.70. The average molecular weight is 426 g/mol. The van der Waals surface area contributed by atoms with Crippen molar-refractivity contribution in [2.45, 2.75) is 0 Å². The molecule has 0 spiro atoms. The number of phenolic OH excluding ortho intramolecular Hbond substituents is 1. The van der Waals surface area contributed by atoms with Crippen LogP contribution >= 0.6 is 0 Å². The van der Waals surface area contributed by atoms with Crippen molar-refractivity contribution >= 4 is 43.1 Å². The molecule has 4 rings (SSSR count). The molecule has 0 bridgehead atoms. The second kappa shape index (κ2) is 6.23. The summed E-state index contributed by atoms with van der Waals surface area (Å²) in [5, 5.41) is 9.95. The molecule has 29 heavy (non-hydrogen) atoms. The lowest BCUT2D eigenvalue weighted by molar-refractivity contribution is -0.104. The lowest BCUT2D eigenvalue weighted by Crippen LogP contribution is -2.11. The Morgan fingerprint density at radius 1 is 0.897 bits per heavy atom. The number of hydrogen-bond donors (Lipinski definition) is 2. The first kappa shape index (κ1) is 18.8. The summed E-state index contributed by atoms with van der Waals surface area (Å²) in [6, 6.07) is 2.10. The van der Waals surface area contributed by atoms with Crippen molar-refractivity contribution in [2.24, 2.45) is 0 Å². The van der Waals surface area contributed by atoms with E-state index in [1.54, 1.807) is 0 Å². The number of hydrogen-bond acceptors (Lipinski definition) is 11. The largest absolute Gasteiger partial charge is 0.504 e. The topological polar surface area (TPSA) is 172 Å². The van der Waals surface area contributed by atoms with Gasteiger partial charge in [0.2, 0.25) is 17.2 Å². The highest BCUT2D eigenvalue weighted by Crippen LogP contribution is 2.45. The Labute approximate surface area is 159 Å². The molecule has 0 unspecified atom stereocenters. The molecular weight excluding hydrogens is 416 g/mol. The summed E-state index contributed by atoms with van der Waals surface area (Å²) in [5.41, 5.74) is -2.38. The first-order chi connectivity index (χ1) is 13.7. The van der Waals surface area contributed by atoms with Crippen molar-refractivity contribution in [1.82, 2.24) is 0 Å². The van der Waals surface area contributed by atoms with Crippen LogP contribution in [0.5, 0.6) is 23.0 Å². The normalized spacial score (nSPS) is 12.1. The first-order valence-corrected chi connectivity index (χ1v) is 9.00. The van der Waals surface area contributed by atoms with Crippen molar-refractivity contribution < 1.29 is 45.6 Å². The molecule has 2 aromatic carbocycles. The van der Waals surface area contributed by atoms with Crippen LogP contribution in [0.3, 0.4) is 0 Å². The molecule has 0 radical (unpaired) electrons. The highest BCUT2D eigenvalue weighted by molar-refractivity contribution is 7.80. The van der Waals surface area contributed by atoms with E-state index in [-0.39, 0.29) is 44.2 Å². The van der Waals surface area contributed by atoms with Gasteiger partial charge in [0, 0.05) is 16.8 Å². The third-order valence-electron chi connectivity index (χ3n) is 4.12. The number of ether oxygens (including phenoxy) is 2. The van der Waals surface area contributed by atoms with Crippen LogP contribution < -0.4 is 25.6 Å². The van der Waals surface area contributed by atoms with Gasteiger partial charge in [0.25, 0.3) is 0 Å². The smallest absolute Gasteiger partial charge is 0.432 e. The van der Waals surface area contributed by atoms with Crippen LogP contribution in [0.15, 0.2) is 30.6 Å². The van der Waals surface area contributed by atoms with Crippen LogP contribution in [-0.2, 0) is 14.7 Å². The molecule has 0 aliphatic carbocycles. The summed E-state index contributed by atoms with van der Waals surface area (Å²) in [6.07, 6.45) is 0. The molecule has 2 N–H and O–H groups in total. The number of benzene rings is 2. The second-order valence-corrected chi connectivity index (χ2v) is 6.69. The molecule has 4 aromatic rings. The molecule has 12 nitrogen and oxygen atoms in total. The molecule has 152 valence electrons. The van der Waals surface area contributed by atoms with Crippen LogP contribution in [0.1, 0.15) is 0 Å². The fourth-order valence-electron chi connectivity index (χ4n) is 3.08. The zero-order valence-electron chi connectivity index (χ0n) is 14.5. The molecule has 0 aliphatic rings. The molecule has 0 amide bonds. The maximum atomic E-state index is 12.5.